The summed E-state index contributed by atoms with van der Waals surface area (Å²) in [7, 11) is 3.19. The van der Waals surface area contributed by atoms with E-state index in [0.29, 0.717) is 11.5 Å². The summed E-state index contributed by atoms with van der Waals surface area (Å²) in [5.41, 5.74) is 2.89. The van der Waals surface area contributed by atoms with Gasteiger partial charge in [0.2, 0.25) is 0 Å². The third-order valence-corrected chi connectivity index (χ3v) is 2.63. The number of aliphatic hydroxyl groups excluding tert-OH is 1. The van der Waals surface area contributed by atoms with Gasteiger partial charge in [-0.1, -0.05) is 0 Å². The van der Waals surface area contributed by atoms with E-state index in [2.05, 4.69) is 0 Å². The molecule has 1 unspecified atom stereocenters. The minimum atomic E-state index is -0.562. The zero-order valence-corrected chi connectivity index (χ0v) is 9.92. The first-order valence-electron chi connectivity index (χ1n) is 4.93. The molecule has 1 atom stereocenters. The summed E-state index contributed by atoms with van der Waals surface area (Å²) in [5, 5.41) is 9.64. The molecule has 0 bridgehead atoms. The molecule has 0 spiro atoms. The number of methoxy groups -OCH3 is 2. The molecule has 0 aliphatic carbocycles. The summed E-state index contributed by atoms with van der Waals surface area (Å²) in [4.78, 5) is 0. The van der Waals surface area contributed by atoms with Gasteiger partial charge in [-0.05, 0) is 38.0 Å². The van der Waals surface area contributed by atoms with E-state index >= 15 is 0 Å². The third-order valence-electron chi connectivity index (χ3n) is 2.63. The van der Waals surface area contributed by atoms with E-state index in [-0.39, 0.29) is 0 Å². The molecule has 1 aromatic rings. The van der Waals surface area contributed by atoms with Crippen molar-refractivity contribution < 1.29 is 14.6 Å². The number of hydrogen-bond donors (Lipinski definition) is 1. The van der Waals surface area contributed by atoms with Crippen LogP contribution in [0.5, 0.6) is 11.5 Å². The Morgan fingerprint density at radius 2 is 1.67 bits per heavy atom. The smallest absolute Gasteiger partial charge is 0.166 e. The second kappa shape index (κ2) is 4.53. The molecule has 0 saturated heterocycles. The molecule has 3 nitrogen and oxygen atoms in total. The Morgan fingerprint density at radius 3 is 2.07 bits per heavy atom. The second-order valence-corrected chi connectivity index (χ2v) is 3.65. The van der Waals surface area contributed by atoms with Crippen LogP contribution in [-0.4, -0.2) is 19.3 Å². The maximum Gasteiger partial charge on any atom is 0.166 e. The molecule has 0 aromatic heterocycles. The van der Waals surface area contributed by atoms with Gasteiger partial charge in [0.15, 0.2) is 11.5 Å². The van der Waals surface area contributed by atoms with Crippen molar-refractivity contribution >= 4 is 0 Å². The Morgan fingerprint density at radius 1 is 1.13 bits per heavy atom. The maximum atomic E-state index is 9.64. The molecule has 0 aliphatic heterocycles. The molecule has 3 heteroatoms. The van der Waals surface area contributed by atoms with Crippen molar-refractivity contribution in [3.63, 3.8) is 0 Å². The minimum absolute atomic E-state index is 0.562. The molecule has 0 amide bonds. The fraction of sp³-hybridized carbons (Fsp3) is 0.500. The molecular formula is C12H18O3. The standard InChI is InChI=1S/C12H18O3/c1-7-6-10(9(3)13)12(15-5)11(14-4)8(7)2/h6,9,13H,1-5H3. The third kappa shape index (κ3) is 2.07. The highest BCUT2D eigenvalue weighted by Crippen LogP contribution is 2.39. The topological polar surface area (TPSA) is 38.7 Å². The molecule has 1 N–H and O–H groups in total. The van der Waals surface area contributed by atoms with Gasteiger partial charge in [0, 0.05) is 5.56 Å². The zero-order valence-electron chi connectivity index (χ0n) is 9.92. The van der Waals surface area contributed by atoms with Crippen molar-refractivity contribution in [3.05, 3.63) is 22.8 Å². The summed E-state index contributed by atoms with van der Waals surface area (Å²) in [6.45, 7) is 5.68. The van der Waals surface area contributed by atoms with Crippen molar-refractivity contribution in [1.29, 1.82) is 0 Å². The van der Waals surface area contributed by atoms with E-state index in [4.69, 9.17) is 9.47 Å². The fourth-order valence-corrected chi connectivity index (χ4v) is 1.65. The zero-order chi connectivity index (χ0) is 11.6. The Labute approximate surface area is 90.6 Å². The first kappa shape index (κ1) is 11.9. The van der Waals surface area contributed by atoms with Crippen LogP contribution in [0.4, 0.5) is 0 Å². The molecular weight excluding hydrogens is 192 g/mol. The second-order valence-electron chi connectivity index (χ2n) is 3.65. The first-order valence-corrected chi connectivity index (χ1v) is 4.93. The lowest BCUT2D eigenvalue weighted by Crippen LogP contribution is -2.02. The Hall–Kier alpha value is -1.22. The van der Waals surface area contributed by atoms with Crippen LogP contribution in [0, 0.1) is 13.8 Å². The summed E-state index contributed by atoms with van der Waals surface area (Å²) in [6, 6.07) is 1.93. The lowest BCUT2D eigenvalue weighted by molar-refractivity contribution is 0.192. The highest BCUT2D eigenvalue weighted by Gasteiger charge is 2.17. The molecule has 84 valence electrons. The predicted octanol–water partition coefficient (Wildman–Crippen LogP) is 2.37. The van der Waals surface area contributed by atoms with E-state index < -0.39 is 6.10 Å². The lowest BCUT2D eigenvalue weighted by atomic mass is 10.0. The van der Waals surface area contributed by atoms with Crippen molar-refractivity contribution in [2.75, 3.05) is 14.2 Å². The number of benzene rings is 1. The van der Waals surface area contributed by atoms with Crippen molar-refractivity contribution in [1.82, 2.24) is 0 Å². The molecule has 0 heterocycles. The number of hydrogen-bond acceptors (Lipinski definition) is 3. The summed E-state index contributed by atoms with van der Waals surface area (Å²) in [6.07, 6.45) is -0.562. The number of rotatable bonds is 3. The van der Waals surface area contributed by atoms with Crippen LogP contribution in [0.3, 0.4) is 0 Å². The fourth-order valence-electron chi connectivity index (χ4n) is 1.65. The number of aryl methyl sites for hydroxylation is 1. The van der Waals surface area contributed by atoms with E-state index in [1.165, 1.54) is 0 Å². The molecule has 0 aliphatic rings. The van der Waals surface area contributed by atoms with Crippen molar-refractivity contribution in [2.24, 2.45) is 0 Å². The summed E-state index contributed by atoms with van der Waals surface area (Å²) < 4.78 is 10.6. The van der Waals surface area contributed by atoms with Gasteiger partial charge in [0.1, 0.15) is 0 Å². The summed E-state index contributed by atoms with van der Waals surface area (Å²) in [5.74, 6) is 1.32. The normalized spacial score (nSPS) is 12.4. The Bertz CT molecular complexity index is 356. The van der Waals surface area contributed by atoms with E-state index in [1.54, 1.807) is 21.1 Å². The average molecular weight is 210 g/mol. The van der Waals surface area contributed by atoms with Gasteiger partial charge in [-0.15, -0.1) is 0 Å². The predicted molar refractivity (Wildman–Crippen MR) is 59.7 cm³/mol. The Balaban J connectivity index is 3.47. The molecule has 1 rings (SSSR count). The van der Waals surface area contributed by atoms with Crippen molar-refractivity contribution in [2.45, 2.75) is 26.9 Å². The monoisotopic (exact) mass is 210 g/mol. The Kier molecular flexibility index (Phi) is 3.58. The van der Waals surface area contributed by atoms with Crippen LogP contribution in [-0.2, 0) is 0 Å². The van der Waals surface area contributed by atoms with Crippen LogP contribution in [0.25, 0.3) is 0 Å². The highest BCUT2D eigenvalue weighted by molar-refractivity contribution is 5.55. The minimum Gasteiger partial charge on any atom is -0.493 e. The molecule has 1 aromatic carbocycles. The van der Waals surface area contributed by atoms with Gasteiger partial charge < -0.3 is 14.6 Å². The lowest BCUT2D eigenvalue weighted by Gasteiger charge is -2.18. The molecule has 0 fully saturated rings. The number of aliphatic hydroxyl groups is 1. The number of ether oxygens (including phenoxy) is 2. The molecule has 0 radical (unpaired) electrons. The van der Waals surface area contributed by atoms with Gasteiger partial charge in [-0.2, -0.15) is 0 Å². The average Bonchev–Trinajstić information content (AvgIpc) is 2.20. The van der Waals surface area contributed by atoms with Crippen LogP contribution in [0.1, 0.15) is 29.7 Å². The van der Waals surface area contributed by atoms with Gasteiger partial charge in [0.05, 0.1) is 20.3 Å². The van der Waals surface area contributed by atoms with Gasteiger partial charge in [-0.3, -0.25) is 0 Å². The van der Waals surface area contributed by atoms with Gasteiger partial charge in [-0.25, -0.2) is 0 Å². The quantitative estimate of drug-likeness (QED) is 0.832. The van der Waals surface area contributed by atoms with Gasteiger partial charge >= 0.3 is 0 Å². The highest BCUT2D eigenvalue weighted by atomic mass is 16.5. The first-order chi connectivity index (χ1) is 7.02. The van der Waals surface area contributed by atoms with Crippen LogP contribution in [0.2, 0.25) is 0 Å². The largest absolute Gasteiger partial charge is 0.493 e. The van der Waals surface area contributed by atoms with E-state index in [1.807, 2.05) is 19.9 Å². The van der Waals surface area contributed by atoms with E-state index in [0.717, 1.165) is 16.7 Å². The molecule has 0 saturated carbocycles. The van der Waals surface area contributed by atoms with E-state index in [9.17, 15) is 5.11 Å². The van der Waals surface area contributed by atoms with Crippen molar-refractivity contribution in [3.8, 4) is 11.5 Å². The van der Waals surface area contributed by atoms with Crippen LogP contribution < -0.4 is 9.47 Å². The summed E-state index contributed by atoms with van der Waals surface area (Å²) >= 11 is 0. The van der Waals surface area contributed by atoms with Crippen LogP contribution >= 0.6 is 0 Å². The molecule has 15 heavy (non-hydrogen) atoms. The van der Waals surface area contributed by atoms with Gasteiger partial charge in [0.25, 0.3) is 0 Å². The van der Waals surface area contributed by atoms with Crippen LogP contribution in [0.15, 0.2) is 6.07 Å². The maximum absolute atomic E-state index is 9.64. The SMILES string of the molecule is COc1c(C(C)O)cc(C)c(C)c1OC.